The molecule has 0 radical (unpaired) electrons. The number of aryl methyl sites for hydroxylation is 1. The van der Waals surface area contributed by atoms with Crippen molar-refractivity contribution in [1.29, 1.82) is 0 Å². The summed E-state index contributed by atoms with van der Waals surface area (Å²) in [6.07, 6.45) is 2.97. The number of benzene rings is 2. The molecular weight excluding hydrogens is 536 g/mol. The number of nitrogens with zero attached hydrogens (tertiary/aromatic N) is 2. The molecule has 2 aromatic carbocycles. The van der Waals surface area contributed by atoms with Crippen LogP contribution in [0.2, 0.25) is 5.02 Å². The van der Waals surface area contributed by atoms with Gasteiger partial charge in [-0.15, -0.1) is 0 Å². The molecule has 4 bridgehead atoms. The molecule has 2 atom stereocenters. The lowest BCUT2D eigenvalue weighted by atomic mass is 10.00. The molecule has 40 heavy (non-hydrogen) atoms. The number of hydrogen-bond donors (Lipinski definition) is 2. The zero-order valence-corrected chi connectivity index (χ0v) is 22.9. The Balaban J connectivity index is 1.47. The minimum absolute atomic E-state index is 0.205. The summed E-state index contributed by atoms with van der Waals surface area (Å²) >= 11 is 6.24. The second kappa shape index (κ2) is 11.8. The first-order valence-corrected chi connectivity index (χ1v) is 13.2. The molecule has 6 rings (SSSR count). The summed E-state index contributed by atoms with van der Waals surface area (Å²) in [6, 6.07) is 11.4. The highest BCUT2D eigenvalue weighted by Gasteiger charge is 2.35. The number of likely N-dealkylation sites (tertiary alicyclic amines) is 1. The largest absolute Gasteiger partial charge is 0.496 e. The third-order valence-corrected chi connectivity index (χ3v) is 7.29. The van der Waals surface area contributed by atoms with Crippen LogP contribution in [0.3, 0.4) is 0 Å². The number of amides is 3. The quantitative estimate of drug-likeness (QED) is 0.491. The van der Waals surface area contributed by atoms with Crippen LogP contribution in [-0.2, 0) is 11.3 Å². The molecule has 0 spiro atoms. The zero-order chi connectivity index (χ0) is 28.2. The molecule has 0 unspecified atom stereocenters. The van der Waals surface area contributed by atoms with Crippen LogP contribution in [0.1, 0.15) is 38.3 Å². The van der Waals surface area contributed by atoms with E-state index in [0.717, 1.165) is 11.1 Å². The maximum Gasteiger partial charge on any atom is 0.258 e. The average molecular weight is 565 g/mol. The van der Waals surface area contributed by atoms with E-state index in [4.69, 9.17) is 25.8 Å². The fourth-order valence-corrected chi connectivity index (χ4v) is 4.97. The average Bonchev–Trinajstić information content (AvgIpc) is 2.96. The molecule has 208 valence electrons. The van der Waals surface area contributed by atoms with Gasteiger partial charge < -0.3 is 29.7 Å². The third-order valence-electron chi connectivity index (χ3n) is 6.99. The van der Waals surface area contributed by atoms with Gasteiger partial charge >= 0.3 is 0 Å². The zero-order valence-electron chi connectivity index (χ0n) is 22.1. The lowest BCUT2D eigenvalue weighted by Crippen LogP contribution is -2.58. The summed E-state index contributed by atoms with van der Waals surface area (Å²) < 4.78 is 17.6. The van der Waals surface area contributed by atoms with Crippen molar-refractivity contribution in [2.24, 2.45) is 0 Å². The van der Waals surface area contributed by atoms with Gasteiger partial charge in [0.15, 0.2) is 6.61 Å². The molecule has 4 heterocycles. The molecule has 3 aliphatic heterocycles. The van der Waals surface area contributed by atoms with E-state index in [9.17, 15) is 14.4 Å². The van der Waals surface area contributed by atoms with E-state index in [0.29, 0.717) is 41.3 Å². The van der Waals surface area contributed by atoms with Crippen LogP contribution in [0.5, 0.6) is 17.2 Å². The smallest absolute Gasteiger partial charge is 0.258 e. The van der Waals surface area contributed by atoms with Gasteiger partial charge in [0, 0.05) is 55.6 Å². The van der Waals surface area contributed by atoms with Crippen LogP contribution >= 0.6 is 11.6 Å². The van der Waals surface area contributed by atoms with Crippen LogP contribution in [0, 0.1) is 6.92 Å². The Kier molecular flexibility index (Phi) is 8.06. The van der Waals surface area contributed by atoms with Crippen LogP contribution in [0.4, 0.5) is 0 Å². The first-order chi connectivity index (χ1) is 19.3. The van der Waals surface area contributed by atoms with Crippen molar-refractivity contribution < 1.29 is 28.6 Å². The highest BCUT2D eigenvalue weighted by atomic mass is 35.5. The molecule has 3 aliphatic rings. The summed E-state index contributed by atoms with van der Waals surface area (Å²) in [5.74, 6) is 0.587. The van der Waals surface area contributed by atoms with Crippen molar-refractivity contribution in [3.63, 3.8) is 0 Å². The van der Waals surface area contributed by atoms with Gasteiger partial charge in [-0.1, -0.05) is 17.7 Å². The fourth-order valence-electron chi connectivity index (χ4n) is 4.77. The molecule has 0 aliphatic carbocycles. The lowest BCUT2D eigenvalue weighted by molar-refractivity contribution is -0.123. The summed E-state index contributed by atoms with van der Waals surface area (Å²) in [5, 5.41) is 6.14. The Labute approximate surface area is 236 Å². The lowest BCUT2D eigenvalue weighted by Gasteiger charge is -2.39. The van der Waals surface area contributed by atoms with Crippen molar-refractivity contribution in [3.8, 4) is 17.2 Å². The van der Waals surface area contributed by atoms with Gasteiger partial charge in [-0.25, -0.2) is 0 Å². The number of aromatic nitrogens is 1. The Morgan fingerprint density at radius 1 is 1.18 bits per heavy atom. The van der Waals surface area contributed by atoms with E-state index in [1.807, 2.05) is 13.0 Å². The fraction of sp³-hybridized carbons (Fsp3) is 0.310. The minimum atomic E-state index is -0.541. The van der Waals surface area contributed by atoms with Crippen LogP contribution in [0.15, 0.2) is 54.9 Å². The molecule has 3 aromatic rings. The van der Waals surface area contributed by atoms with Gasteiger partial charge in [-0.05, 0) is 42.8 Å². The highest BCUT2D eigenvalue weighted by molar-refractivity contribution is 6.33. The number of pyridine rings is 1. The molecule has 1 aromatic heterocycles. The number of piperidine rings is 1. The number of ether oxygens (including phenoxy) is 3. The van der Waals surface area contributed by atoms with E-state index < -0.39 is 12.1 Å². The molecule has 0 saturated carbocycles. The Morgan fingerprint density at radius 2 is 2.02 bits per heavy atom. The SMILES string of the molecule is COc1cc2ccc1CNC(=O)COc1cc(ccc1C)C(=O)N[C@H]1CN(C(=O)c3ccncc3Cl)CC[C@H]1O2. The molecule has 2 N–H and O–H groups in total. The first-order valence-electron chi connectivity index (χ1n) is 12.9. The van der Waals surface area contributed by atoms with Crippen LogP contribution < -0.4 is 24.8 Å². The molecule has 10 nitrogen and oxygen atoms in total. The summed E-state index contributed by atoms with van der Waals surface area (Å²) in [7, 11) is 1.54. The van der Waals surface area contributed by atoms with E-state index >= 15 is 0 Å². The van der Waals surface area contributed by atoms with Crippen molar-refractivity contribution in [3.05, 3.63) is 82.1 Å². The first kappa shape index (κ1) is 27.3. The maximum absolute atomic E-state index is 13.4. The molecule has 11 heteroatoms. The van der Waals surface area contributed by atoms with E-state index in [1.54, 1.807) is 48.4 Å². The maximum atomic E-state index is 13.4. The number of rotatable bonds is 2. The topological polar surface area (TPSA) is 119 Å². The second-order valence-corrected chi connectivity index (χ2v) is 10.1. The number of hydrogen-bond acceptors (Lipinski definition) is 7. The third kappa shape index (κ3) is 5.96. The summed E-state index contributed by atoms with van der Waals surface area (Å²) in [5.41, 5.74) is 2.25. The van der Waals surface area contributed by atoms with Crippen molar-refractivity contribution >= 4 is 29.3 Å². The molecule has 1 fully saturated rings. The normalized spacial score (nSPS) is 19.3. The predicted octanol–water partition coefficient (Wildman–Crippen LogP) is 3.15. The van der Waals surface area contributed by atoms with Crippen molar-refractivity contribution in [2.45, 2.75) is 32.0 Å². The van der Waals surface area contributed by atoms with Gasteiger partial charge in [0.05, 0.1) is 23.7 Å². The Hall–Kier alpha value is -4.31. The predicted molar refractivity (Wildman–Crippen MR) is 147 cm³/mol. The number of carbonyl (C=O) groups excluding carboxylic acids is 3. The van der Waals surface area contributed by atoms with Crippen LogP contribution in [-0.4, -0.2) is 66.6 Å². The van der Waals surface area contributed by atoms with E-state index in [2.05, 4.69) is 15.6 Å². The standard InChI is InChI=1S/C29H29ClN4O6/c1-17-3-4-18-11-25(17)39-16-27(35)32-13-19-5-6-20(12-26(19)38-2)40-24-8-10-34(15-23(24)33-28(18)36)29(37)21-7-9-31-14-22(21)30/h3-7,9,11-12,14,23-24H,8,10,13,15-16H2,1-2H3,(H,32,35)(H,33,36)/t23-,24+/m0/s1. The van der Waals surface area contributed by atoms with Gasteiger partial charge in [-0.2, -0.15) is 0 Å². The summed E-state index contributed by atoms with van der Waals surface area (Å²) in [6.45, 7) is 2.47. The number of fused-ring (bicyclic) bond motifs is 7. The van der Waals surface area contributed by atoms with E-state index in [1.165, 1.54) is 12.4 Å². The van der Waals surface area contributed by atoms with Gasteiger partial charge in [-0.3, -0.25) is 19.4 Å². The van der Waals surface area contributed by atoms with Crippen LogP contribution in [0.25, 0.3) is 0 Å². The summed E-state index contributed by atoms with van der Waals surface area (Å²) in [4.78, 5) is 44.8. The van der Waals surface area contributed by atoms with Crippen molar-refractivity contribution in [1.82, 2.24) is 20.5 Å². The molecular formula is C29H29ClN4O6. The highest BCUT2D eigenvalue weighted by Crippen LogP contribution is 2.29. The van der Waals surface area contributed by atoms with Gasteiger partial charge in [0.1, 0.15) is 23.4 Å². The van der Waals surface area contributed by atoms with Crippen molar-refractivity contribution in [2.75, 3.05) is 26.8 Å². The Morgan fingerprint density at radius 3 is 2.83 bits per heavy atom. The monoisotopic (exact) mass is 564 g/mol. The van der Waals surface area contributed by atoms with E-state index in [-0.39, 0.29) is 42.4 Å². The molecule has 3 amide bonds. The second-order valence-electron chi connectivity index (χ2n) is 9.65. The molecule has 1 saturated heterocycles. The number of nitrogens with one attached hydrogen (secondary N) is 2. The Bertz CT molecular complexity index is 1450. The number of methoxy groups -OCH3 is 1. The van der Waals surface area contributed by atoms with Gasteiger partial charge in [0.25, 0.3) is 17.7 Å². The number of halogens is 1. The minimum Gasteiger partial charge on any atom is -0.496 e. The number of carbonyl (C=O) groups is 3. The van der Waals surface area contributed by atoms with Gasteiger partial charge in [0.2, 0.25) is 0 Å².